The topological polar surface area (TPSA) is 50.9 Å². The highest BCUT2D eigenvalue weighted by Crippen LogP contribution is 2.27. The van der Waals surface area contributed by atoms with Gasteiger partial charge in [0.2, 0.25) is 0 Å². The summed E-state index contributed by atoms with van der Waals surface area (Å²) in [6.45, 7) is 6.35. The van der Waals surface area contributed by atoms with Crippen molar-refractivity contribution < 1.29 is 0 Å². The van der Waals surface area contributed by atoms with Crippen molar-refractivity contribution in [1.82, 2.24) is 4.98 Å². The Morgan fingerprint density at radius 1 is 1.24 bits per heavy atom. The van der Waals surface area contributed by atoms with E-state index in [9.17, 15) is 0 Å². The second-order valence-electron chi connectivity index (χ2n) is 4.36. The lowest BCUT2D eigenvalue weighted by Gasteiger charge is -2.07. The Hall–Kier alpha value is -1.55. The van der Waals surface area contributed by atoms with Crippen LogP contribution in [0.2, 0.25) is 0 Å². The maximum atomic E-state index is 5.72. The zero-order valence-corrected chi connectivity index (χ0v) is 11.1. The highest BCUT2D eigenvalue weighted by atomic mass is 32.1. The number of thiazole rings is 1. The minimum atomic E-state index is 0.557. The number of nitrogen functional groups attached to an aromatic ring is 1. The molecule has 1 heterocycles. The number of benzene rings is 1. The van der Waals surface area contributed by atoms with E-state index in [0.29, 0.717) is 11.7 Å². The van der Waals surface area contributed by atoms with Gasteiger partial charge in [0, 0.05) is 10.6 Å². The quantitative estimate of drug-likeness (QED) is 0.864. The van der Waals surface area contributed by atoms with E-state index in [2.05, 4.69) is 48.4 Å². The predicted octanol–water partition coefficient (Wildman–Crippen LogP) is 3.90. The SMILES string of the molecule is Cc1sc(Nc2ccc(C(C)C)cc2)nc1N. The third kappa shape index (κ3) is 2.77. The molecule has 2 aromatic rings. The number of hydrogen-bond acceptors (Lipinski definition) is 4. The minimum Gasteiger partial charge on any atom is -0.383 e. The molecule has 3 N–H and O–H groups in total. The van der Waals surface area contributed by atoms with E-state index in [4.69, 9.17) is 5.73 Å². The Morgan fingerprint density at radius 2 is 1.88 bits per heavy atom. The van der Waals surface area contributed by atoms with Crippen LogP contribution in [0, 0.1) is 6.92 Å². The lowest BCUT2D eigenvalue weighted by molar-refractivity contribution is 0.867. The Kier molecular flexibility index (Phi) is 3.33. The van der Waals surface area contributed by atoms with Crippen molar-refractivity contribution in [2.24, 2.45) is 0 Å². The first-order valence-corrected chi connectivity index (χ1v) is 6.48. The highest BCUT2D eigenvalue weighted by Gasteiger charge is 2.04. The number of aromatic nitrogens is 1. The minimum absolute atomic E-state index is 0.557. The van der Waals surface area contributed by atoms with E-state index >= 15 is 0 Å². The maximum Gasteiger partial charge on any atom is 0.189 e. The molecule has 0 aliphatic rings. The summed E-state index contributed by atoms with van der Waals surface area (Å²) in [5.41, 5.74) is 8.10. The van der Waals surface area contributed by atoms with Crippen LogP contribution in [0.3, 0.4) is 0 Å². The fraction of sp³-hybridized carbons (Fsp3) is 0.308. The van der Waals surface area contributed by atoms with E-state index in [-0.39, 0.29) is 0 Å². The van der Waals surface area contributed by atoms with Crippen molar-refractivity contribution in [3.63, 3.8) is 0 Å². The van der Waals surface area contributed by atoms with Crippen LogP contribution in [0.5, 0.6) is 0 Å². The van der Waals surface area contributed by atoms with Crippen LogP contribution in [0.1, 0.15) is 30.2 Å². The molecule has 0 saturated heterocycles. The average molecular weight is 247 g/mol. The molecule has 1 aromatic heterocycles. The molecule has 0 aliphatic carbocycles. The maximum absolute atomic E-state index is 5.72. The smallest absolute Gasteiger partial charge is 0.189 e. The first kappa shape index (κ1) is 11.9. The fourth-order valence-electron chi connectivity index (χ4n) is 1.54. The summed E-state index contributed by atoms with van der Waals surface area (Å²) < 4.78 is 0. The normalized spacial score (nSPS) is 10.8. The molecule has 0 radical (unpaired) electrons. The highest BCUT2D eigenvalue weighted by molar-refractivity contribution is 7.16. The summed E-state index contributed by atoms with van der Waals surface area (Å²) >= 11 is 1.57. The molecule has 0 spiro atoms. The van der Waals surface area contributed by atoms with Crippen molar-refractivity contribution in [3.05, 3.63) is 34.7 Å². The van der Waals surface area contributed by atoms with Gasteiger partial charge in [0.15, 0.2) is 5.13 Å². The monoisotopic (exact) mass is 247 g/mol. The summed E-state index contributed by atoms with van der Waals surface area (Å²) in [7, 11) is 0. The van der Waals surface area contributed by atoms with Crippen LogP contribution in [0.25, 0.3) is 0 Å². The van der Waals surface area contributed by atoms with Crippen molar-refractivity contribution in [1.29, 1.82) is 0 Å². The van der Waals surface area contributed by atoms with Gasteiger partial charge >= 0.3 is 0 Å². The number of hydrogen-bond donors (Lipinski definition) is 2. The number of nitrogens with zero attached hydrogens (tertiary/aromatic N) is 1. The molecule has 90 valence electrons. The number of nitrogens with two attached hydrogens (primary N) is 1. The van der Waals surface area contributed by atoms with Crippen LogP contribution in [0.15, 0.2) is 24.3 Å². The molecule has 3 nitrogen and oxygen atoms in total. The molecule has 0 aliphatic heterocycles. The van der Waals surface area contributed by atoms with E-state index in [0.717, 1.165) is 15.7 Å². The number of aryl methyl sites for hydroxylation is 1. The molecular formula is C13H17N3S. The van der Waals surface area contributed by atoms with Gasteiger partial charge in [0.25, 0.3) is 0 Å². The molecular weight excluding hydrogens is 230 g/mol. The van der Waals surface area contributed by atoms with Gasteiger partial charge in [0.1, 0.15) is 5.82 Å². The van der Waals surface area contributed by atoms with E-state index < -0.39 is 0 Å². The molecule has 4 heteroatoms. The van der Waals surface area contributed by atoms with Gasteiger partial charge in [-0.3, -0.25) is 0 Å². The molecule has 0 fully saturated rings. The molecule has 2 rings (SSSR count). The summed E-state index contributed by atoms with van der Waals surface area (Å²) in [5.74, 6) is 1.16. The Balaban J connectivity index is 2.13. The second-order valence-corrected chi connectivity index (χ2v) is 5.57. The fourth-order valence-corrected chi connectivity index (χ4v) is 2.29. The molecule has 0 unspecified atom stereocenters. The third-order valence-corrected chi connectivity index (χ3v) is 3.56. The van der Waals surface area contributed by atoms with Crippen molar-refractivity contribution in [2.45, 2.75) is 26.7 Å². The number of rotatable bonds is 3. The van der Waals surface area contributed by atoms with Gasteiger partial charge < -0.3 is 11.1 Å². The Labute approximate surface area is 106 Å². The van der Waals surface area contributed by atoms with Crippen LogP contribution >= 0.6 is 11.3 Å². The molecule has 1 aromatic carbocycles. The van der Waals surface area contributed by atoms with Crippen LogP contribution in [0.4, 0.5) is 16.6 Å². The average Bonchev–Trinajstić information content (AvgIpc) is 2.58. The van der Waals surface area contributed by atoms with Gasteiger partial charge in [-0.2, -0.15) is 0 Å². The second kappa shape index (κ2) is 4.75. The lowest BCUT2D eigenvalue weighted by atomic mass is 10.0. The molecule has 0 amide bonds. The Bertz CT molecular complexity index is 480. The summed E-state index contributed by atoms with van der Waals surface area (Å²) in [6.07, 6.45) is 0. The predicted molar refractivity (Wildman–Crippen MR) is 75.1 cm³/mol. The number of anilines is 3. The van der Waals surface area contributed by atoms with Gasteiger partial charge in [-0.05, 0) is 30.5 Å². The van der Waals surface area contributed by atoms with E-state index in [1.807, 2.05) is 6.92 Å². The molecule has 0 bridgehead atoms. The van der Waals surface area contributed by atoms with Crippen LogP contribution in [-0.2, 0) is 0 Å². The molecule has 17 heavy (non-hydrogen) atoms. The lowest BCUT2D eigenvalue weighted by Crippen LogP contribution is -1.92. The van der Waals surface area contributed by atoms with Crippen LogP contribution in [-0.4, -0.2) is 4.98 Å². The van der Waals surface area contributed by atoms with Crippen LogP contribution < -0.4 is 11.1 Å². The number of nitrogens with one attached hydrogen (secondary N) is 1. The van der Waals surface area contributed by atoms with Gasteiger partial charge in [-0.15, -0.1) is 0 Å². The van der Waals surface area contributed by atoms with E-state index in [1.165, 1.54) is 5.56 Å². The Morgan fingerprint density at radius 3 is 2.35 bits per heavy atom. The molecule has 0 saturated carbocycles. The standard InChI is InChI=1S/C13H17N3S/c1-8(2)10-4-6-11(7-5-10)15-13-16-12(14)9(3)17-13/h4-8H,14H2,1-3H3,(H,15,16). The first-order valence-electron chi connectivity index (χ1n) is 5.66. The largest absolute Gasteiger partial charge is 0.383 e. The third-order valence-electron chi connectivity index (χ3n) is 2.66. The first-order chi connectivity index (χ1) is 8.06. The summed E-state index contributed by atoms with van der Waals surface area (Å²) in [6, 6.07) is 8.41. The van der Waals surface area contributed by atoms with Gasteiger partial charge in [-0.1, -0.05) is 37.3 Å². The van der Waals surface area contributed by atoms with Crippen molar-refractivity contribution in [2.75, 3.05) is 11.1 Å². The zero-order valence-electron chi connectivity index (χ0n) is 10.3. The van der Waals surface area contributed by atoms with Gasteiger partial charge in [-0.25, -0.2) is 4.98 Å². The van der Waals surface area contributed by atoms with Crippen molar-refractivity contribution in [3.8, 4) is 0 Å². The summed E-state index contributed by atoms with van der Waals surface area (Å²) in [5, 5.41) is 4.10. The summed E-state index contributed by atoms with van der Waals surface area (Å²) in [4.78, 5) is 5.30. The van der Waals surface area contributed by atoms with Crippen molar-refractivity contribution >= 4 is 28.0 Å². The van der Waals surface area contributed by atoms with E-state index in [1.54, 1.807) is 11.3 Å². The zero-order chi connectivity index (χ0) is 12.4. The molecule has 0 atom stereocenters. The van der Waals surface area contributed by atoms with Gasteiger partial charge in [0.05, 0.1) is 0 Å².